The smallest absolute Gasteiger partial charge is 0.276 e. The number of nitrogens with zero attached hydrogens (tertiary/aromatic N) is 3. The van der Waals surface area contributed by atoms with E-state index >= 15 is 0 Å². The van der Waals surface area contributed by atoms with Gasteiger partial charge in [-0.05, 0) is 56.3 Å². The van der Waals surface area contributed by atoms with E-state index in [1.165, 1.54) is 16.8 Å². The fourth-order valence-electron chi connectivity index (χ4n) is 2.40. The largest absolute Gasteiger partial charge is 0.491 e. The fourth-order valence-corrected chi connectivity index (χ4v) is 2.40. The molecule has 138 valence electrons. The van der Waals surface area contributed by atoms with Gasteiger partial charge in [0, 0.05) is 24.0 Å². The predicted molar refractivity (Wildman–Crippen MR) is 100 cm³/mol. The molecule has 0 fully saturated rings. The Morgan fingerprint density at radius 3 is 2.37 bits per heavy atom. The molecule has 0 aliphatic heterocycles. The van der Waals surface area contributed by atoms with E-state index < -0.39 is 4.92 Å². The Kier molecular flexibility index (Phi) is 5.16. The lowest BCUT2D eigenvalue weighted by Crippen LogP contribution is -2.13. The second-order valence-electron chi connectivity index (χ2n) is 6.06. The molecule has 0 spiro atoms. The van der Waals surface area contributed by atoms with Gasteiger partial charge in [-0.1, -0.05) is 0 Å². The average Bonchev–Trinajstić information content (AvgIpc) is 3.13. The van der Waals surface area contributed by atoms with E-state index in [0.29, 0.717) is 11.4 Å². The van der Waals surface area contributed by atoms with Crippen molar-refractivity contribution >= 4 is 17.3 Å². The molecule has 0 atom stereocenters. The molecule has 0 aliphatic rings. The maximum absolute atomic E-state index is 12.4. The highest BCUT2D eigenvalue weighted by molar-refractivity contribution is 6.02. The molecule has 8 heteroatoms. The minimum atomic E-state index is -0.469. The zero-order valence-corrected chi connectivity index (χ0v) is 14.8. The zero-order valence-electron chi connectivity index (χ0n) is 14.8. The molecule has 0 bridgehead atoms. The number of carbonyl (C=O) groups excluding carboxylic acids is 1. The highest BCUT2D eigenvalue weighted by Crippen LogP contribution is 2.18. The molecule has 1 amide bonds. The first kappa shape index (κ1) is 18.1. The number of nitro groups is 1. The molecule has 0 radical (unpaired) electrons. The van der Waals surface area contributed by atoms with Gasteiger partial charge in [0.15, 0.2) is 5.69 Å². The summed E-state index contributed by atoms with van der Waals surface area (Å²) >= 11 is 0. The van der Waals surface area contributed by atoms with Gasteiger partial charge in [0.05, 0.1) is 16.7 Å². The molecule has 27 heavy (non-hydrogen) atoms. The molecule has 1 N–H and O–H groups in total. The third-order valence-corrected chi connectivity index (χ3v) is 3.63. The normalized spacial score (nSPS) is 10.6. The number of rotatable bonds is 6. The van der Waals surface area contributed by atoms with E-state index in [0.717, 1.165) is 5.75 Å². The van der Waals surface area contributed by atoms with Gasteiger partial charge in [-0.3, -0.25) is 14.9 Å². The van der Waals surface area contributed by atoms with Crippen LogP contribution in [0.2, 0.25) is 0 Å². The van der Waals surface area contributed by atoms with E-state index in [-0.39, 0.29) is 23.4 Å². The van der Waals surface area contributed by atoms with Crippen LogP contribution in [0.25, 0.3) is 5.69 Å². The van der Waals surface area contributed by atoms with Crippen molar-refractivity contribution in [2.45, 2.75) is 20.0 Å². The van der Waals surface area contributed by atoms with Crippen LogP contribution < -0.4 is 10.1 Å². The summed E-state index contributed by atoms with van der Waals surface area (Å²) in [6.07, 6.45) is 1.70. The molecular formula is C19H18N4O4. The van der Waals surface area contributed by atoms with Crippen molar-refractivity contribution in [2.24, 2.45) is 0 Å². The van der Waals surface area contributed by atoms with Crippen molar-refractivity contribution in [1.82, 2.24) is 9.78 Å². The minimum Gasteiger partial charge on any atom is -0.491 e. The van der Waals surface area contributed by atoms with Crippen LogP contribution in [0, 0.1) is 10.1 Å². The number of non-ortho nitro benzene ring substituents is 1. The van der Waals surface area contributed by atoms with Gasteiger partial charge in [0.2, 0.25) is 0 Å². The molecule has 0 saturated heterocycles. The summed E-state index contributed by atoms with van der Waals surface area (Å²) in [6, 6.07) is 14.6. The Labute approximate surface area is 155 Å². The maximum Gasteiger partial charge on any atom is 0.276 e. The average molecular weight is 366 g/mol. The first-order valence-corrected chi connectivity index (χ1v) is 8.31. The number of hydrogen-bond donors (Lipinski definition) is 1. The molecule has 2 aromatic carbocycles. The quantitative estimate of drug-likeness (QED) is 0.528. The van der Waals surface area contributed by atoms with E-state index in [1.54, 1.807) is 48.7 Å². The number of hydrogen-bond acceptors (Lipinski definition) is 5. The van der Waals surface area contributed by atoms with Crippen LogP contribution in [-0.2, 0) is 0 Å². The number of amides is 1. The van der Waals surface area contributed by atoms with E-state index in [1.807, 2.05) is 13.8 Å². The van der Waals surface area contributed by atoms with Crippen LogP contribution in [0.3, 0.4) is 0 Å². The summed E-state index contributed by atoms with van der Waals surface area (Å²) in [5.74, 6) is 0.374. The van der Waals surface area contributed by atoms with Crippen LogP contribution in [-0.4, -0.2) is 26.7 Å². The Morgan fingerprint density at radius 2 is 1.78 bits per heavy atom. The van der Waals surface area contributed by atoms with Gasteiger partial charge in [0.25, 0.3) is 11.6 Å². The standard InChI is InChI=1S/C19H18N4O4/c1-13(2)27-17-9-3-14(4-10-17)20-19(24)18-11-12-22(21-18)15-5-7-16(8-6-15)23(25)26/h3-13H,1-2H3,(H,20,24). The van der Waals surface area contributed by atoms with Crippen molar-refractivity contribution < 1.29 is 14.5 Å². The van der Waals surface area contributed by atoms with Gasteiger partial charge >= 0.3 is 0 Å². The minimum absolute atomic E-state index is 0.00577. The predicted octanol–water partition coefficient (Wildman–Crippen LogP) is 3.82. The Morgan fingerprint density at radius 1 is 1.11 bits per heavy atom. The highest BCUT2D eigenvalue weighted by atomic mass is 16.6. The lowest BCUT2D eigenvalue weighted by Gasteiger charge is -2.10. The van der Waals surface area contributed by atoms with Gasteiger partial charge in [-0.15, -0.1) is 0 Å². The topological polar surface area (TPSA) is 99.3 Å². The lowest BCUT2D eigenvalue weighted by molar-refractivity contribution is -0.384. The van der Waals surface area contributed by atoms with Crippen LogP contribution in [0.1, 0.15) is 24.3 Å². The fraction of sp³-hybridized carbons (Fsp3) is 0.158. The lowest BCUT2D eigenvalue weighted by atomic mass is 10.3. The van der Waals surface area contributed by atoms with Crippen LogP contribution in [0.15, 0.2) is 60.8 Å². The van der Waals surface area contributed by atoms with Crippen molar-refractivity contribution in [3.8, 4) is 11.4 Å². The van der Waals surface area contributed by atoms with Gasteiger partial charge < -0.3 is 10.1 Å². The number of nitro benzene ring substituents is 1. The molecule has 3 aromatic rings. The second-order valence-corrected chi connectivity index (χ2v) is 6.06. The molecule has 1 aromatic heterocycles. The molecular weight excluding hydrogens is 348 g/mol. The molecule has 0 saturated carbocycles. The second kappa shape index (κ2) is 7.69. The maximum atomic E-state index is 12.4. The SMILES string of the molecule is CC(C)Oc1ccc(NC(=O)c2ccn(-c3ccc([N+](=O)[O-])cc3)n2)cc1. The summed E-state index contributed by atoms with van der Waals surface area (Å²) < 4.78 is 7.05. The number of carbonyl (C=O) groups is 1. The van der Waals surface area contributed by atoms with Gasteiger partial charge in [0.1, 0.15) is 5.75 Å². The monoisotopic (exact) mass is 366 g/mol. The van der Waals surface area contributed by atoms with Crippen molar-refractivity contribution in [1.29, 1.82) is 0 Å². The van der Waals surface area contributed by atoms with E-state index in [2.05, 4.69) is 10.4 Å². The summed E-state index contributed by atoms with van der Waals surface area (Å²) in [7, 11) is 0. The molecule has 0 aliphatic carbocycles. The summed E-state index contributed by atoms with van der Waals surface area (Å²) in [6.45, 7) is 3.88. The van der Waals surface area contributed by atoms with Crippen molar-refractivity contribution in [3.63, 3.8) is 0 Å². The number of benzene rings is 2. The Hall–Kier alpha value is -3.68. The summed E-state index contributed by atoms with van der Waals surface area (Å²) in [5.41, 5.74) is 1.47. The third-order valence-electron chi connectivity index (χ3n) is 3.63. The van der Waals surface area contributed by atoms with Crippen molar-refractivity contribution in [2.75, 3.05) is 5.32 Å². The highest BCUT2D eigenvalue weighted by Gasteiger charge is 2.12. The molecule has 8 nitrogen and oxygen atoms in total. The summed E-state index contributed by atoms with van der Waals surface area (Å²) in [5, 5.41) is 17.7. The molecule has 3 rings (SSSR count). The third kappa shape index (κ3) is 4.49. The number of ether oxygens (including phenoxy) is 1. The van der Waals surface area contributed by atoms with E-state index in [4.69, 9.17) is 4.74 Å². The summed E-state index contributed by atoms with van der Waals surface area (Å²) in [4.78, 5) is 22.6. The van der Waals surface area contributed by atoms with E-state index in [9.17, 15) is 14.9 Å². The first-order valence-electron chi connectivity index (χ1n) is 8.31. The molecule has 0 unspecified atom stereocenters. The Balaban J connectivity index is 1.68. The number of nitrogens with one attached hydrogen (secondary N) is 1. The first-order chi connectivity index (χ1) is 12.9. The zero-order chi connectivity index (χ0) is 19.4. The van der Waals surface area contributed by atoms with Crippen LogP contribution in [0.4, 0.5) is 11.4 Å². The van der Waals surface area contributed by atoms with Gasteiger partial charge in [-0.2, -0.15) is 5.10 Å². The number of anilines is 1. The molecule has 1 heterocycles. The van der Waals surface area contributed by atoms with Crippen molar-refractivity contribution in [3.05, 3.63) is 76.6 Å². The van der Waals surface area contributed by atoms with Crippen LogP contribution in [0.5, 0.6) is 5.75 Å². The Bertz CT molecular complexity index is 947. The number of aromatic nitrogens is 2. The van der Waals surface area contributed by atoms with Crippen LogP contribution >= 0.6 is 0 Å². The van der Waals surface area contributed by atoms with Gasteiger partial charge in [-0.25, -0.2) is 4.68 Å².